The highest BCUT2D eigenvalue weighted by Gasteiger charge is 2.10. The standard InChI is InChI=1S/C12H18O3/c1-9-10(5-4-8-13)6-7-11(14-2)12(9)15-3/h6-7,13H,4-5,8H2,1-3H3. The topological polar surface area (TPSA) is 38.7 Å². The van der Waals surface area contributed by atoms with Gasteiger partial charge in [0.15, 0.2) is 11.5 Å². The number of hydrogen-bond acceptors (Lipinski definition) is 3. The van der Waals surface area contributed by atoms with Gasteiger partial charge in [0.1, 0.15) is 0 Å². The molecule has 0 saturated heterocycles. The van der Waals surface area contributed by atoms with Crippen molar-refractivity contribution in [2.45, 2.75) is 19.8 Å². The third-order valence-electron chi connectivity index (χ3n) is 2.51. The molecule has 1 aromatic carbocycles. The molecule has 0 amide bonds. The number of benzene rings is 1. The minimum Gasteiger partial charge on any atom is -0.493 e. The van der Waals surface area contributed by atoms with Gasteiger partial charge in [0.05, 0.1) is 14.2 Å². The first-order chi connectivity index (χ1) is 7.24. The van der Waals surface area contributed by atoms with E-state index in [0.717, 1.165) is 29.9 Å². The highest BCUT2D eigenvalue weighted by atomic mass is 16.5. The van der Waals surface area contributed by atoms with E-state index in [1.165, 1.54) is 5.56 Å². The molecule has 0 radical (unpaired) electrons. The summed E-state index contributed by atoms with van der Waals surface area (Å²) in [5, 5.41) is 8.79. The van der Waals surface area contributed by atoms with Gasteiger partial charge in [-0.1, -0.05) is 6.07 Å². The summed E-state index contributed by atoms with van der Waals surface area (Å²) in [4.78, 5) is 0. The van der Waals surface area contributed by atoms with E-state index in [1.807, 2.05) is 19.1 Å². The van der Waals surface area contributed by atoms with E-state index in [-0.39, 0.29) is 6.61 Å². The minimum atomic E-state index is 0.216. The molecule has 0 aliphatic rings. The van der Waals surface area contributed by atoms with Crippen molar-refractivity contribution in [2.75, 3.05) is 20.8 Å². The van der Waals surface area contributed by atoms with E-state index in [1.54, 1.807) is 14.2 Å². The molecule has 3 heteroatoms. The van der Waals surface area contributed by atoms with Crippen molar-refractivity contribution in [1.29, 1.82) is 0 Å². The zero-order chi connectivity index (χ0) is 11.3. The van der Waals surface area contributed by atoms with Crippen LogP contribution in [0, 0.1) is 6.92 Å². The van der Waals surface area contributed by atoms with Crippen molar-refractivity contribution in [3.05, 3.63) is 23.3 Å². The predicted octanol–water partition coefficient (Wildman–Crippen LogP) is 1.94. The second-order valence-electron chi connectivity index (χ2n) is 3.41. The lowest BCUT2D eigenvalue weighted by atomic mass is 10.0. The van der Waals surface area contributed by atoms with E-state index in [4.69, 9.17) is 14.6 Å². The van der Waals surface area contributed by atoms with Crippen molar-refractivity contribution >= 4 is 0 Å². The van der Waals surface area contributed by atoms with Crippen molar-refractivity contribution in [3.8, 4) is 11.5 Å². The Hall–Kier alpha value is -1.22. The molecule has 1 aromatic rings. The van der Waals surface area contributed by atoms with Gasteiger partial charge in [0, 0.05) is 6.61 Å². The van der Waals surface area contributed by atoms with Crippen LogP contribution in [0.5, 0.6) is 11.5 Å². The molecule has 0 saturated carbocycles. The van der Waals surface area contributed by atoms with E-state index in [9.17, 15) is 0 Å². The number of aryl methyl sites for hydroxylation is 1. The van der Waals surface area contributed by atoms with E-state index < -0.39 is 0 Å². The Bertz CT molecular complexity index is 321. The lowest BCUT2D eigenvalue weighted by Crippen LogP contribution is -1.98. The second-order valence-corrected chi connectivity index (χ2v) is 3.41. The van der Waals surface area contributed by atoms with Gasteiger partial charge >= 0.3 is 0 Å². The number of rotatable bonds is 5. The van der Waals surface area contributed by atoms with Crippen LogP contribution < -0.4 is 9.47 Å². The van der Waals surface area contributed by atoms with Crippen LogP contribution in [0.25, 0.3) is 0 Å². The van der Waals surface area contributed by atoms with Crippen LogP contribution >= 0.6 is 0 Å². The fourth-order valence-corrected chi connectivity index (χ4v) is 1.66. The van der Waals surface area contributed by atoms with E-state index in [0.29, 0.717) is 0 Å². The second kappa shape index (κ2) is 5.61. The number of ether oxygens (including phenoxy) is 2. The van der Waals surface area contributed by atoms with Crippen molar-refractivity contribution in [2.24, 2.45) is 0 Å². The van der Waals surface area contributed by atoms with Crippen LogP contribution in [0.3, 0.4) is 0 Å². The number of methoxy groups -OCH3 is 2. The van der Waals surface area contributed by atoms with Gasteiger partial charge in [-0.2, -0.15) is 0 Å². The Morgan fingerprint density at radius 1 is 1.20 bits per heavy atom. The fourth-order valence-electron chi connectivity index (χ4n) is 1.66. The Morgan fingerprint density at radius 2 is 1.93 bits per heavy atom. The molecule has 84 valence electrons. The third-order valence-corrected chi connectivity index (χ3v) is 2.51. The highest BCUT2D eigenvalue weighted by Crippen LogP contribution is 2.33. The Kier molecular flexibility index (Phi) is 4.43. The van der Waals surface area contributed by atoms with Crippen molar-refractivity contribution in [3.63, 3.8) is 0 Å². The average Bonchev–Trinajstić information content (AvgIpc) is 2.27. The van der Waals surface area contributed by atoms with Gasteiger partial charge in [-0.3, -0.25) is 0 Å². The van der Waals surface area contributed by atoms with Crippen LogP contribution in [0.1, 0.15) is 17.5 Å². The maximum absolute atomic E-state index is 8.79. The number of hydrogen-bond donors (Lipinski definition) is 1. The molecular weight excluding hydrogens is 192 g/mol. The third kappa shape index (κ3) is 2.63. The van der Waals surface area contributed by atoms with Crippen LogP contribution in [0.2, 0.25) is 0 Å². The number of aliphatic hydroxyl groups excluding tert-OH is 1. The highest BCUT2D eigenvalue weighted by molar-refractivity contribution is 5.50. The molecular formula is C12H18O3. The van der Waals surface area contributed by atoms with Crippen molar-refractivity contribution in [1.82, 2.24) is 0 Å². The monoisotopic (exact) mass is 210 g/mol. The van der Waals surface area contributed by atoms with Crippen LogP contribution in [0.15, 0.2) is 12.1 Å². The quantitative estimate of drug-likeness (QED) is 0.807. The van der Waals surface area contributed by atoms with Gasteiger partial charge < -0.3 is 14.6 Å². The molecule has 0 bridgehead atoms. The molecule has 0 aliphatic carbocycles. The maximum Gasteiger partial charge on any atom is 0.163 e. The van der Waals surface area contributed by atoms with Gasteiger partial charge in [-0.25, -0.2) is 0 Å². The summed E-state index contributed by atoms with van der Waals surface area (Å²) in [6.45, 7) is 2.22. The summed E-state index contributed by atoms with van der Waals surface area (Å²) in [5.41, 5.74) is 2.28. The Labute approximate surface area is 90.6 Å². The first-order valence-corrected chi connectivity index (χ1v) is 5.06. The maximum atomic E-state index is 8.79. The molecule has 0 spiro atoms. The average molecular weight is 210 g/mol. The molecule has 1 N–H and O–H groups in total. The van der Waals surface area contributed by atoms with Gasteiger partial charge in [0.25, 0.3) is 0 Å². The van der Waals surface area contributed by atoms with Gasteiger partial charge in [-0.05, 0) is 37.0 Å². The Balaban J connectivity index is 3.00. The summed E-state index contributed by atoms with van der Waals surface area (Å²) in [6.07, 6.45) is 1.64. The molecule has 0 fully saturated rings. The molecule has 0 heterocycles. The lowest BCUT2D eigenvalue weighted by Gasteiger charge is -2.13. The Morgan fingerprint density at radius 3 is 2.47 bits per heavy atom. The first kappa shape index (κ1) is 11.9. The minimum absolute atomic E-state index is 0.216. The summed E-state index contributed by atoms with van der Waals surface area (Å²) in [5.74, 6) is 1.54. The molecule has 15 heavy (non-hydrogen) atoms. The zero-order valence-corrected chi connectivity index (χ0v) is 9.54. The summed E-state index contributed by atoms with van der Waals surface area (Å²) in [7, 11) is 3.27. The molecule has 0 aliphatic heterocycles. The van der Waals surface area contributed by atoms with E-state index in [2.05, 4.69) is 0 Å². The fraction of sp³-hybridized carbons (Fsp3) is 0.500. The van der Waals surface area contributed by atoms with Crippen LogP contribution in [0.4, 0.5) is 0 Å². The normalized spacial score (nSPS) is 10.1. The molecule has 0 unspecified atom stereocenters. The van der Waals surface area contributed by atoms with Crippen LogP contribution in [-0.4, -0.2) is 25.9 Å². The van der Waals surface area contributed by atoms with Crippen LogP contribution in [-0.2, 0) is 6.42 Å². The smallest absolute Gasteiger partial charge is 0.163 e. The molecule has 3 nitrogen and oxygen atoms in total. The summed E-state index contributed by atoms with van der Waals surface area (Å²) in [6, 6.07) is 3.92. The van der Waals surface area contributed by atoms with Gasteiger partial charge in [-0.15, -0.1) is 0 Å². The summed E-state index contributed by atoms with van der Waals surface area (Å²) < 4.78 is 10.5. The van der Waals surface area contributed by atoms with E-state index >= 15 is 0 Å². The largest absolute Gasteiger partial charge is 0.493 e. The zero-order valence-electron chi connectivity index (χ0n) is 9.54. The first-order valence-electron chi connectivity index (χ1n) is 5.06. The molecule has 1 rings (SSSR count). The number of aliphatic hydroxyl groups is 1. The molecule has 0 atom stereocenters. The summed E-state index contributed by atoms with van der Waals surface area (Å²) >= 11 is 0. The predicted molar refractivity (Wildman–Crippen MR) is 59.7 cm³/mol. The van der Waals surface area contributed by atoms with Gasteiger partial charge in [0.2, 0.25) is 0 Å². The van der Waals surface area contributed by atoms with Crippen molar-refractivity contribution < 1.29 is 14.6 Å². The SMILES string of the molecule is COc1ccc(CCCO)c(C)c1OC. The molecule has 0 aromatic heterocycles. The lowest BCUT2D eigenvalue weighted by molar-refractivity contribution is 0.288.